The van der Waals surface area contributed by atoms with E-state index in [9.17, 15) is 4.79 Å². The van der Waals surface area contributed by atoms with E-state index in [-0.39, 0.29) is 5.69 Å². The zero-order valence-corrected chi connectivity index (χ0v) is 6.58. The Balaban J connectivity index is 2.95. The molecule has 0 radical (unpaired) electrons. The fraction of sp³-hybridized carbons (Fsp3) is 0.600. The smallest absolute Gasteiger partial charge is 0.285 e. The minimum atomic E-state index is -0.0888. The van der Waals surface area contributed by atoms with Gasteiger partial charge in [-0.25, -0.2) is 9.48 Å². The predicted octanol–water partition coefficient (Wildman–Crippen LogP) is -0.488. The second kappa shape index (κ2) is 2.92. The zero-order valence-electron chi connectivity index (χ0n) is 5.69. The lowest BCUT2D eigenvalue weighted by Crippen LogP contribution is -2.23. The van der Waals surface area contributed by atoms with E-state index in [1.807, 2.05) is 0 Å². The minimum Gasteiger partial charge on any atom is -0.285 e. The molecule has 0 N–H and O–H groups in total. The fourth-order valence-corrected chi connectivity index (χ4v) is 0.858. The average Bonchev–Trinajstić information content (AvgIpc) is 2.20. The molecule has 0 amide bonds. The van der Waals surface area contributed by atoms with E-state index >= 15 is 0 Å². The first kappa shape index (κ1) is 7.40. The van der Waals surface area contributed by atoms with Gasteiger partial charge in [-0.05, 0) is 0 Å². The summed E-state index contributed by atoms with van der Waals surface area (Å²) < 4.78 is 2.82. The Hall–Kier alpha value is -0.710. The van der Waals surface area contributed by atoms with Gasteiger partial charge >= 0.3 is 5.69 Å². The summed E-state index contributed by atoms with van der Waals surface area (Å²) in [6, 6.07) is 0. The van der Waals surface area contributed by atoms with Crippen molar-refractivity contribution in [1.82, 2.24) is 14.3 Å². The summed E-state index contributed by atoms with van der Waals surface area (Å²) in [6.45, 7) is 0.572. The van der Waals surface area contributed by atoms with Crippen LogP contribution in [0.15, 0.2) is 11.1 Å². The summed E-state index contributed by atoms with van der Waals surface area (Å²) >= 11 is 3.98. The van der Waals surface area contributed by atoms with Gasteiger partial charge in [-0.15, -0.1) is 0 Å². The van der Waals surface area contributed by atoms with Crippen LogP contribution in [0.25, 0.3) is 0 Å². The van der Waals surface area contributed by atoms with E-state index in [0.29, 0.717) is 12.3 Å². The van der Waals surface area contributed by atoms with Crippen LogP contribution in [0.2, 0.25) is 0 Å². The van der Waals surface area contributed by atoms with Crippen molar-refractivity contribution in [3.8, 4) is 0 Å². The highest BCUT2D eigenvalue weighted by Gasteiger charge is 1.97. The average molecular weight is 159 g/mol. The molecule has 0 atom stereocenters. The molecule has 4 nitrogen and oxygen atoms in total. The van der Waals surface area contributed by atoms with Gasteiger partial charge < -0.3 is 0 Å². The van der Waals surface area contributed by atoms with Crippen molar-refractivity contribution >= 4 is 12.6 Å². The van der Waals surface area contributed by atoms with E-state index in [4.69, 9.17) is 0 Å². The normalized spacial score (nSPS) is 10.2. The highest BCUT2D eigenvalue weighted by Crippen LogP contribution is 1.78. The van der Waals surface area contributed by atoms with Crippen LogP contribution in [0.4, 0.5) is 0 Å². The Kier molecular flexibility index (Phi) is 2.16. The molecule has 1 rings (SSSR count). The molecule has 0 bridgehead atoms. The van der Waals surface area contributed by atoms with Crippen LogP contribution in [0.3, 0.4) is 0 Å². The maximum Gasteiger partial charge on any atom is 0.345 e. The monoisotopic (exact) mass is 159 g/mol. The Morgan fingerprint density at radius 3 is 2.90 bits per heavy atom. The fourth-order valence-electron chi connectivity index (χ4n) is 0.669. The van der Waals surface area contributed by atoms with Crippen LogP contribution in [0.5, 0.6) is 0 Å². The standard InChI is InChI=1S/C5H9N3OS/c1-7-4-6-8(2-3-10)5(7)9/h4,10H,2-3H2,1H3. The van der Waals surface area contributed by atoms with Crippen molar-refractivity contribution in [2.45, 2.75) is 6.54 Å². The van der Waals surface area contributed by atoms with E-state index in [0.717, 1.165) is 0 Å². The largest absolute Gasteiger partial charge is 0.345 e. The van der Waals surface area contributed by atoms with Crippen LogP contribution in [-0.4, -0.2) is 20.1 Å². The second-order valence-electron chi connectivity index (χ2n) is 1.97. The van der Waals surface area contributed by atoms with E-state index < -0.39 is 0 Å². The summed E-state index contributed by atoms with van der Waals surface area (Å²) in [6.07, 6.45) is 1.49. The lowest BCUT2D eigenvalue weighted by molar-refractivity contribution is 0.630. The van der Waals surface area contributed by atoms with Crippen LogP contribution < -0.4 is 5.69 Å². The first-order valence-electron chi connectivity index (χ1n) is 2.95. The Bertz CT molecular complexity index is 264. The summed E-state index contributed by atoms with van der Waals surface area (Å²) in [5.74, 6) is 0.636. The number of hydrogen-bond acceptors (Lipinski definition) is 3. The molecule has 5 heteroatoms. The molecule has 0 saturated carbocycles. The van der Waals surface area contributed by atoms with Crippen LogP contribution >= 0.6 is 12.6 Å². The molecule has 0 unspecified atom stereocenters. The zero-order chi connectivity index (χ0) is 7.56. The van der Waals surface area contributed by atoms with Crippen LogP contribution in [-0.2, 0) is 13.6 Å². The number of nitrogens with zero attached hydrogens (tertiary/aromatic N) is 3. The predicted molar refractivity (Wildman–Crippen MR) is 41.3 cm³/mol. The molecule has 0 saturated heterocycles. The maximum absolute atomic E-state index is 11.0. The number of rotatable bonds is 2. The van der Waals surface area contributed by atoms with Gasteiger partial charge in [0.1, 0.15) is 6.33 Å². The third-order valence-corrected chi connectivity index (χ3v) is 1.40. The van der Waals surface area contributed by atoms with E-state index in [1.54, 1.807) is 7.05 Å². The topological polar surface area (TPSA) is 39.8 Å². The first-order chi connectivity index (χ1) is 4.75. The van der Waals surface area contributed by atoms with Gasteiger partial charge in [0.25, 0.3) is 0 Å². The highest BCUT2D eigenvalue weighted by atomic mass is 32.1. The van der Waals surface area contributed by atoms with Gasteiger partial charge in [0.05, 0.1) is 6.54 Å². The Morgan fingerprint density at radius 2 is 2.50 bits per heavy atom. The molecule has 1 aromatic rings. The van der Waals surface area contributed by atoms with Gasteiger partial charge in [0.15, 0.2) is 0 Å². The Labute approximate surface area is 63.9 Å². The first-order valence-corrected chi connectivity index (χ1v) is 3.58. The SMILES string of the molecule is Cn1cnn(CCS)c1=O. The molecule has 1 aromatic heterocycles. The summed E-state index contributed by atoms with van der Waals surface area (Å²) in [7, 11) is 1.67. The van der Waals surface area contributed by atoms with Crippen molar-refractivity contribution in [1.29, 1.82) is 0 Å². The van der Waals surface area contributed by atoms with E-state index in [1.165, 1.54) is 15.6 Å². The second-order valence-corrected chi connectivity index (χ2v) is 2.42. The highest BCUT2D eigenvalue weighted by molar-refractivity contribution is 7.80. The molecule has 56 valence electrons. The van der Waals surface area contributed by atoms with Gasteiger partial charge in [-0.1, -0.05) is 0 Å². The van der Waals surface area contributed by atoms with Gasteiger partial charge in [-0.3, -0.25) is 4.57 Å². The third kappa shape index (κ3) is 1.23. The molecule has 0 aliphatic carbocycles. The van der Waals surface area contributed by atoms with Gasteiger partial charge in [0.2, 0.25) is 0 Å². The summed E-state index contributed by atoms with van der Waals surface area (Å²) in [5.41, 5.74) is -0.0888. The van der Waals surface area contributed by atoms with Gasteiger partial charge in [-0.2, -0.15) is 17.7 Å². The molecule has 10 heavy (non-hydrogen) atoms. The lowest BCUT2D eigenvalue weighted by atomic mass is 10.8. The molecular weight excluding hydrogens is 150 g/mol. The maximum atomic E-state index is 11.0. The van der Waals surface area contributed by atoms with Crippen molar-refractivity contribution in [3.63, 3.8) is 0 Å². The number of aryl methyl sites for hydroxylation is 2. The molecular formula is C5H9N3OS. The summed E-state index contributed by atoms with van der Waals surface area (Å²) in [5, 5.41) is 3.82. The van der Waals surface area contributed by atoms with Crippen LogP contribution in [0.1, 0.15) is 0 Å². The summed E-state index contributed by atoms with van der Waals surface area (Å²) in [4.78, 5) is 11.0. The van der Waals surface area contributed by atoms with Crippen molar-refractivity contribution < 1.29 is 0 Å². The van der Waals surface area contributed by atoms with Crippen molar-refractivity contribution in [3.05, 3.63) is 16.8 Å². The van der Waals surface area contributed by atoms with Gasteiger partial charge in [0, 0.05) is 12.8 Å². The molecule has 0 aliphatic rings. The number of thiol groups is 1. The van der Waals surface area contributed by atoms with Crippen molar-refractivity contribution in [2.75, 3.05) is 5.75 Å². The van der Waals surface area contributed by atoms with E-state index in [2.05, 4.69) is 17.7 Å². The lowest BCUT2D eigenvalue weighted by Gasteiger charge is -1.91. The molecule has 0 fully saturated rings. The molecule has 0 spiro atoms. The number of hydrogen-bond donors (Lipinski definition) is 1. The molecule has 0 aliphatic heterocycles. The molecule has 1 heterocycles. The third-order valence-electron chi connectivity index (χ3n) is 1.20. The minimum absolute atomic E-state index is 0.0888. The van der Waals surface area contributed by atoms with Crippen LogP contribution in [0, 0.1) is 0 Å². The number of aromatic nitrogens is 3. The molecule has 0 aromatic carbocycles. The van der Waals surface area contributed by atoms with Crippen molar-refractivity contribution in [2.24, 2.45) is 7.05 Å². The quantitative estimate of drug-likeness (QED) is 0.592. The Morgan fingerprint density at radius 1 is 1.80 bits per heavy atom.